The number of rotatable bonds is 4. The Bertz CT molecular complexity index is 580. The summed E-state index contributed by atoms with van der Waals surface area (Å²) in [5.74, 6) is 0.533. The van der Waals surface area contributed by atoms with Gasteiger partial charge in [-0.1, -0.05) is 17.7 Å². The highest BCUT2D eigenvalue weighted by atomic mass is 79.9. The molecule has 0 aliphatic rings. The van der Waals surface area contributed by atoms with Crippen molar-refractivity contribution in [1.29, 1.82) is 0 Å². The molecule has 1 atom stereocenters. The van der Waals surface area contributed by atoms with Gasteiger partial charge in [-0.25, -0.2) is 9.97 Å². The summed E-state index contributed by atoms with van der Waals surface area (Å²) in [5, 5.41) is 0.476. The molecule has 100 valence electrons. The van der Waals surface area contributed by atoms with Crippen molar-refractivity contribution >= 4 is 39.1 Å². The van der Waals surface area contributed by atoms with E-state index in [0.717, 1.165) is 15.7 Å². The van der Waals surface area contributed by atoms with Crippen LogP contribution >= 0.6 is 39.1 Å². The fourth-order valence-corrected chi connectivity index (χ4v) is 2.42. The molecule has 1 heterocycles. The maximum absolute atomic E-state index is 6.40. The van der Waals surface area contributed by atoms with Gasteiger partial charge in [-0.3, -0.25) is 0 Å². The molecule has 0 radical (unpaired) electrons. The minimum atomic E-state index is -0.187. The van der Waals surface area contributed by atoms with Crippen molar-refractivity contribution in [2.24, 2.45) is 0 Å². The summed E-state index contributed by atoms with van der Waals surface area (Å²) in [5.41, 5.74) is 1.81. The number of methoxy groups -OCH3 is 1. The van der Waals surface area contributed by atoms with Crippen LogP contribution in [-0.2, 0) is 6.42 Å². The van der Waals surface area contributed by atoms with Crippen LogP contribution in [0.1, 0.15) is 16.6 Å². The van der Waals surface area contributed by atoms with Crippen LogP contribution in [-0.4, -0.2) is 17.1 Å². The Hall–Kier alpha value is -0.840. The van der Waals surface area contributed by atoms with Crippen molar-refractivity contribution < 1.29 is 4.74 Å². The molecule has 3 nitrogen and oxygen atoms in total. The lowest BCUT2D eigenvalue weighted by atomic mass is 10.1. The monoisotopic (exact) mass is 360 g/mol. The minimum absolute atomic E-state index is 0.187. The quantitative estimate of drug-likeness (QED) is 0.756. The molecule has 6 heteroatoms. The molecule has 0 saturated heterocycles. The van der Waals surface area contributed by atoms with E-state index in [2.05, 4.69) is 25.9 Å². The van der Waals surface area contributed by atoms with E-state index in [1.54, 1.807) is 13.2 Å². The number of halogens is 3. The van der Waals surface area contributed by atoms with E-state index in [-0.39, 0.29) is 5.38 Å². The summed E-state index contributed by atoms with van der Waals surface area (Å²) >= 11 is 15.7. The Morgan fingerprint density at radius 2 is 2.11 bits per heavy atom. The molecule has 2 rings (SSSR count). The zero-order valence-corrected chi connectivity index (χ0v) is 13.2. The Morgan fingerprint density at radius 1 is 1.32 bits per heavy atom. The SMILES string of the molecule is COc1cc(CC(Cl)c2ccc(Cl)c(Br)c2)ncn1. The van der Waals surface area contributed by atoms with Crippen LogP contribution in [0.4, 0.5) is 0 Å². The minimum Gasteiger partial charge on any atom is -0.481 e. The molecule has 1 aromatic carbocycles. The van der Waals surface area contributed by atoms with Crippen LogP contribution < -0.4 is 4.74 Å². The summed E-state index contributed by atoms with van der Waals surface area (Å²) in [6.07, 6.45) is 2.06. The molecular formula is C13H11BrCl2N2O. The zero-order chi connectivity index (χ0) is 13.8. The number of ether oxygens (including phenoxy) is 1. The van der Waals surface area contributed by atoms with Crippen molar-refractivity contribution in [1.82, 2.24) is 9.97 Å². The zero-order valence-electron chi connectivity index (χ0n) is 10.1. The molecule has 1 aromatic heterocycles. The average Bonchev–Trinajstić information content (AvgIpc) is 2.42. The van der Waals surface area contributed by atoms with Gasteiger partial charge in [-0.2, -0.15) is 0 Å². The van der Waals surface area contributed by atoms with E-state index >= 15 is 0 Å². The lowest BCUT2D eigenvalue weighted by Gasteiger charge is -2.11. The van der Waals surface area contributed by atoms with Gasteiger partial charge >= 0.3 is 0 Å². The summed E-state index contributed by atoms with van der Waals surface area (Å²) in [6.45, 7) is 0. The molecular weight excluding hydrogens is 351 g/mol. The molecule has 2 aromatic rings. The number of aromatic nitrogens is 2. The molecule has 0 amide bonds. The number of benzene rings is 1. The first-order valence-electron chi connectivity index (χ1n) is 5.54. The molecule has 0 aliphatic carbocycles. The van der Waals surface area contributed by atoms with Crippen molar-refractivity contribution in [2.45, 2.75) is 11.8 Å². The number of hydrogen-bond donors (Lipinski definition) is 0. The van der Waals surface area contributed by atoms with Gasteiger partial charge in [-0.05, 0) is 33.6 Å². The maximum atomic E-state index is 6.40. The second-order valence-electron chi connectivity index (χ2n) is 3.90. The van der Waals surface area contributed by atoms with Crippen molar-refractivity contribution in [2.75, 3.05) is 7.11 Å². The van der Waals surface area contributed by atoms with Gasteiger partial charge in [0.15, 0.2) is 0 Å². The molecule has 0 N–H and O–H groups in total. The van der Waals surface area contributed by atoms with Gasteiger partial charge in [0.1, 0.15) is 6.33 Å². The molecule has 1 unspecified atom stereocenters. The summed E-state index contributed by atoms with van der Waals surface area (Å²) < 4.78 is 5.89. The normalized spacial score (nSPS) is 12.2. The van der Waals surface area contributed by atoms with E-state index < -0.39 is 0 Å². The molecule has 19 heavy (non-hydrogen) atoms. The van der Waals surface area contributed by atoms with Gasteiger partial charge in [-0.15, -0.1) is 11.6 Å². The van der Waals surface area contributed by atoms with E-state index in [1.807, 2.05) is 18.2 Å². The molecule has 0 fully saturated rings. The third-order valence-corrected chi connectivity index (χ3v) is 4.22. The first kappa shape index (κ1) is 14.6. The first-order chi connectivity index (χ1) is 9.10. The van der Waals surface area contributed by atoms with Crippen molar-refractivity contribution in [3.63, 3.8) is 0 Å². The van der Waals surface area contributed by atoms with Crippen LogP contribution in [0, 0.1) is 0 Å². The third kappa shape index (κ3) is 3.81. The highest BCUT2D eigenvalue weighted by Gasteiger charge is 2.12. The average molecular weight is 362 g/mol. The standard InChI is InChI=1S/C13H11BrCl2N2O/c1-19-13-6-9(17-7-18-13)5-12(16)8-2-3-11(15)10(14)4-8/h2-4,6-7,12H,5H2,1H3. The molecule has 0 aliphatic heterocycles. The lowest BCUT2D eigenvalue weighted by Crippen LogP contribution is -2.00. The predicted molar refractivity (Wildman–Crippen MR) is 80.0 cm³/mol. The van der Waals surface area contributed by atoms with Gasteiger partial charge < -0.3 is 4.74 Å². The van der Waals surface area contributed by atoms with Crippen LogP contribution in [0.3, 0.4) is 0 Å². The van der Waals surface area contributed by atoms with Crippen molar-refractivity contribution in [3.05, 3.63) is 51.3 Å². The number of hydrogen-bond acceptors (Lipinski definition) is 3. The molecule has 0 saturated carbocycles. The summed E-state index contributed by atoms with van der Waals surface area (Å²) in [4.78, 5) is 8.14. The highest BCUT2D eigenvalue weighted by molar-refractivity contribution is 9.10. The second kappa shape index (κ2) is 6.55. The smallest absolute Gasteiger partial charge is 0.216 e. The first-order valence-corrected chi connectivity index (χ1v) is 7.15. The van der Waals surface area contributed by atoms with Gasteiger partial charge in [0.2, 0.25) is 5.88 Å². The van der Waals surface area contributed by atoms with Crippen LogP contribution in [0.2, 0.25) is 5.02 Å². The Kier molecular flexibility index (Phi) is 5.02. The number of alkyl halides is 1. The van der Waals surface area contributed by atoms with E-state index in [0.29, 0.717) is 17.3 Å². The van der Waals surface area contributed by atoms with Crippen molar-refractivity contribution in [3.8, 4) is 5.88 Å². The fraction of sp³-hybridized carbons (Fsp3) is 0.231. The molecule has 0 bridgehead atoms. The maximum Gasteiger partial charge on any atom is 0.216 e. The van der Waals surface area contributed by atoms with E-state index in [4.69, 9.17) is 27.9 Å². The predicted octanol–water partition coefficient (Wildman–Crippen LogP) is 4.42. The van der Waals surface area contributed by atoms with Gasteiger partial charge in [0, 0.05) is 22.7 Å². The topological polar surface area (TPSA) is 35.0 Å². The van der Waals surface area contributed by atoms with E-state index in [1.165, 1.54) is 6.33 Å². The van der Waals surface area contributed by atoms with Gasteiger partial charge in [0.05, 0.1) is 17.5 Å². The Balaban J connectivity index is 2.15. The highest BCUT2D eigenvalue weighted by Crippen LogP contribution is 2.30. The van der Waals surface area contributed by atoms with Crippen LogP contribution in [0.5, 0.6) is 5.88 Å². The number of nitrogens with zero attached hydrogens (tertiary/aromatic N) is 2. The largest absolute Gasteiger partial charge is 0.481 e. The fourth-order valence-electron chi connectivity index (χ4n) is 1.61. The lowest BCUT2D eigenvalue weighted by molar-refractivity contribution is 0.396. The van der Waals surface area contributed by atoms with E-state index in [9.17, 15) is 0 Å². The molecule has 0 spiro atoms. The second-order valence-corrected chi connectivity index (χ2v) is 5.69. The summed E-state index contributed by atoms with van der Waals surface area (Å²) in [6, 6.07) is 7.42. The van der Waals surface area contributed by atoms with Gasteiger partial charge in [0.25, 0.3) is 0 Å². The summed E-state index contributed by atoms with van der Waals surface area (Å²) in [7, 11) is 1.57. The van der Waals surface area contributed by atoms with Crippen LogP contribution in [0.25, 0.3) is 0 Å². The van der Waals surface area contributed by atoms with Crippen LogP contribution in [0.15, 0.2) is 35.1 Å². The Labute approximate surface area is 130 Å². The third-order valence-electron chi connectivity index (χ3n) is 2.60. The Morgan fingerprint density at radius 3 is 2.79 bits per heavy atom.